The molecule has 0 saturated heterocycles. The van der Waals surface area contributed by atoms with Crippen LogP contribution in [0.25, 0.3) is 5.65 Å². The summed E-state index contributed by atoms with van der Waals surface area (Å²) in [5.41, 5.74) is 2.91. The van der Waals surface area contributed by atoms with E-state index in [1.807, 2.05) is 49.6 Å². The third-order valence-electron chi connectivity index (χ3n) is 2.82. The molecule has 0 aliphatic rings. The van der Waals surface area contributed by atoms with Crippen LogP contribution in [0.3, 0.4) is 0 Å². The van der Waals surface area contributed by atoms with Crippen molar-refractivity contribution in [1.82, 2.24) is 9.38 Å². The lowest BCUT2D eigenvalue weighted by molar-refractivity contribution is 0.0916. The maximum Gasteiger partial charge on any atom is 0.137 e. The number of hydrogen-bond donors (Lipinski definition) is 0. The number of rotatable bonds is 6. The number of aryl methyl sites for hydroxylation is 1. The maximum atomic E-state index is 11.9. The van der Waals surface area contributed by atoms with Crippen molar-refractivity contribution in [2.75, 3.05) is 12.4 Å². The Balaban J connectivity index is 1.97. The van der Waals surface area contributed by atoms with Crippen molar-refractivity contribution in [2.24, 2.45) is 0 Å². The fourth-order valence-electron chi connectivity index (χ4n) is 1.88. The van der Waals surface area contributed by atoms with E-state index < -0.39 is 10.8 Å². The van der Waals surface area contributed by atoms with E-state index >= 15 is 0 Å². The largest absolute Gasteiger partial charge is 0.378 e. The minimum atomic E-state index is -0.922. The molecule has 19 heavy (non-hydrogen) atoms. The Morgan fingerprint density at radius 1 is 1.42 bits per heavy atom. The van der Waals surface area contributed by atoms with E-state index in [1.54, 1.807) is 0 Å². The number of pyridine rings is 1. The maximum absolute atomic E-state index is 11.9. The zero-order chi connectivity index (χ0) is 13.8. The zero-order valence-electron chi connectivity index (χ0n) is 11.6. The van der Waals surface area contributed by atoms with Crippen molar-refractivity contribution in [3.05, 3.63) is 35.8 Å². The van der Waals surface area contributed by atoms with Crippen molar-refractivity contribution in [3.63, 3.8) is 0 Å². The number of aromatic nitrogens is 2. The van der Waals surface area contributed by atoms with Crippen molar-refractivity contribution in [1.29, 1.82) is 0 Å². The van der Waals surface area contributed by atoms with Crippen LogP contribution < -0.4 is 0 Å². The quantitative estimate of drug-likeness (QED) is 0.815. The molecule has 0 aliphatic carbocycles. The summed E-state index contributed by atoms with van der Waals surface area (Å²) < 4.78 is 19.4. The SMILES string of the molecule is Cc1cccc2nc(C[S@@](=O)CCOC(C)C)cn12. The Kier molecular flexibility index (Phi) is 4.71. The normalized spacial score (nSPS) is 13.3. The molecule has 0 radical (unpaired) electrons. The molecule has 5 heteroatoms. The number of nitrogens with zero attached hydrogens (tertiary/aromatic N) is 2. The van der Waals surface area contributed by atoms with Crippen molar-refractivity contribution in [2.45, 2.75) is 32.6 Å². The summed E-state index contributed by atoms with van der Waals surface area (Å²) >= 11 is 0. The molecule has 0 fully saturated rings. The first-order valence-corrected chi connectivity index (χ1v) is 7.95. The zero-order valence-corrected chi connectivity index (χ0v) is 12.4. The number of fused-ring (bicyclic) bond motifs is 1. The van der Waals surface area contributed by atoms with Gasteiger partial charge in [-0.2, -0.15) is 0 Å². The van der Waals surface area contributed by atoms with Crippen LogP contribution in [0.4, 0.5) is 0 Å². The van der Waals surface area contributed by atoms with Gasteiger partial charge in [0.15, 0.2) is 0 Å². The molecule has 0 unspecified atom stereocenters. The lowest BCUT2D eigenvalue weighted by Gasteiger charge is -2.06. The highest BCUT2D eigenvalue weighted by molar-refractivity contribution is 7.84. The van der Waals surface area contributed by atoms with E-state index in [0.29, 0.717) is 18.1 Å². The van der Waals surface area contributed by atoms with Gasteiger partial charge in [0.2, 0.25) is 0 Å². The van der Waals surface area contributed by atoms with Gasteiger partial charge in [-0.05, 0) is 32.9 Å². The lowest BCUT2D eigenvalue weighted by atomic mass is 10.4. The standard InChI is InChI=1S/C14H20N2O2S/c1-11(2)18-7-8-19(17)10-13-9-16-12(3)5-4-6-14(16)15-13/h4-6,9,11H,7-8,10H2,1-3H3/t19-/m0/s1. The first-order chi connectivity index (χ1) is 9.06. The Labute approximate surface area is 116 Å². The summed E-state index contributed by atoms with van der Waals surface area (Å²) in [4.78, 5) is 4.49. The second-order valence-electron chi connectivity index (χ2n) is 4.84. The second-order valence-corrected chi connectivity index (χ2v) is 6.41. The van der Waals surface area contributed by atoms with Crippen LogP contribution in [0.2, 0.25) is 0 Å². The Hall–Kier alpha value is -1.20. The van der Waals surface area contributed by atoms with Gasteiger partial charge in [-0.25, -0.2) is 4.98 Å². The highest BCUT2D eigenvalue weighted by atomic mass is 32.2. The molecule has 2 aromatic heterocycles. The van der Waals surface area contributed by atoms with Crippen molar-refractivity contribution in [3.8, 4) is 0 Å². The van der Waals surface area contributed by atoms with Gasteiger partial charge in [0.1, 0.15) is 5.65 Å². The second kappa shape index (κ2) is 6.30. The highest BCUT2D eigenvalue weighted by Crippen LogP contribution is 2.10. The van der Waals surface area contributed by atoms with Crippen LogP contribution in [0.5, 0.6) is 0 Å². The summed E-state index contributed by atoms with van der Waals surface area (Å²) in [6.07, 6.45) is 2.15. The van der Waals surface area contributed by atoms with E-state index in [4.69, 9.17) is 4.74 Å². The van der Waals surface area contributed by atoms with Crippen molar-refractivity contribution >= 4 is 16.4 Å². The van der Waals surface area contributed by atoms with Crippen LogP contribution >= 0.6 is 0 Å². The molecule has 0 aliphatic heterocycles. The van der Waals surface area contributed by atoms with Gasteiger partial charge in [-0.15, -0.1) is 0 Å². The molecule has 0 amide bonds. The first kappa shape index (κ1) is 14.2. The topological polar surface area (TPSA) is 43.6 Å². The summed E-state index contributed by atoms with van der Waals surface area (Å²) in [5.74, 6) is 1.05. The van der Waals surface area contributed by atoms with Gasteiger partial charge in [-0.3, -0.25) is 4.21 Å². The van der Waals surface area contributed by atoms with E-state index in [1.165, 1.54) is 0 Å². The van der Waals surface area contributed by atoms with E-state index in [0.717, 1.165) is 17.0 Å². The average molecular weight is 280 g/mol. The summed E-state index contributed by atoms with van der Waals surface area (Å²) in [6.45, 7) is 6.53. The lowest BCUT2D eigenvalue weighted by Crippen LogP contribution is -2.12. The van der Waals surface area contributed by atoms with Crippen LogP contribution in [0.15, 0.2) is 24.4 Å². The predicted octanol–water partition coefficient (Wildman–Crippen LogP) is 2.32. The molecule has 1 atom stereocenters. The van der Waals surface area contributed by atoms with Gasteiger partial charge in [0.25, 0.3) is 0 Å². The molecule has 2 rings (SSSR count). The molecule has 104 valence electrons. The van der Waals surface area contributed by atoms with Crippen LogP contribution in [0.1, 0.15) is 25.2 Å². The number of ether oxygens (including phenoxy) is 1. The summed E-state index contributed by atoms with van der Waals surface area (Å²) in [7, 11) is -0.922. The third kappa shape index (κ3) is 3.88. The van der Waals surface area contributed by atoms with Gasteiger partial charge in [-0.1, -0.05) is 6.07 Å². The molecule has 0 saturated carbocycles. The van der Waals surface area contributed by atoms with Gasteiger partial charge in [0.05, 0.1) is 24.2 Å². The predicted molar refractivity (Wildman–Crippen MR) is 77.7 cm³/mol. The fourth-order valence-corrected chi connectivity index (χ4v) is 2.78. The van der Waals surface area contributed by atoms with Gasteiger partial charge >= 0.3 is 0 Å². The minimum absolute atomic E-state index is 0.190. The van der Waals surface area contributed by atoms with E-state index in [2.05, 4.69) is 4.98 Å². The molecular formula is C14H20N2O2S. The van der Waals surface area contributed by atoms with Crippen LogP contribution in [-0.2, 0) is 21.3 Å². The summed E-state index contributed by atoms with van der Waals surface area (Å²) in [5, 5.41) is 0. The monoisotopic (exact) mass is 280 g/mol. The van der Waals surface area contributed by atoms with E-state index in [-0.39, 0.29) is 6.10 Å². The molecule has 2 heterocycles. The smallest absolute Gasteiger partial charge is 0.137 e. The molecule has 0 N–H and O–H groups in total. The third-order valence-corrected chi connectivity index (χ3v) is 4.06. The molecule has 2 aromatic rings. The molecule has 0 bridgehead atoms. The van der Waals surface area contributed by atoms with E-state index in [9.17, 15) is 4.21 Å². The van der Waals surface area contributed by atoms with Crippen LogP contribution in [-0.4, -0.2) is 32.1 Å². The first-order valence-electron chi connectivity index (χ1n) is 6.46. The van der Waals surface area contributed by atoms with Crippen molar-refractivity contribution < 1.29 is 8.95 Å². The molecule has 4 nitrogen and oxygen atoms in total. The fraction of sp³-hybridized carbons (Fsp3) is 0.500. The van der Waals surface area contributed by atoms with Gasteiger partial charge in [0, 0.05) is 28.4 Å². The Morgan fingerprint density at radius 3 is 2.89 bits per heavy atom. The number of hydrogen-bond acceptors (Lipinski definition) is 3. The Bertz CT molecular complexity index is 578. The highest BCUT2D eigenvalue weighted by Gasteiger charge is 2.07. The van der Waals surface area contributed by atoms with Gasteiger partial charge < -0.3 is 9.14 Å². The average Bonchev–Trinajstić information content (AvgIpc) is 2.72. The summed E-state index contributed by atoms with van der Waals surface area (Å²) in [6, 6.07) is 5.97. The Morgan fingerprint density at radius 2 is 2.21 bits per heavy atom. The number of imidazole rings is 1. The minimum Gasteiger partial charge on any atom is -0.378 e. The van der Waals surface area contributed by atoms with Crippen LogP contribution in [0, 0.1) is 6.92 Å². The molecule has 0 spiro atoms. The molecular weight excluding hydrogens is 260 g/mol. The molecule has 0 aromatic carbocycles.